The average Bonchev–Trinajstić information content (AvgIpc) is 3.31. The first kappa shape index (κ1) is 25.4. The number of hydrogen-bond donors (Lipinski definition) is 1. The average molecular weight is 531 g/mol. The highest BCUT2D eigenvalue weighted by atomic mass is 19.3. The molecular formula is C24H25F3N8O3. The Morgan fingerprint density at radius 2 is 1.87 bits per heavy atom. The molecule has 0 spiro atoms. The van der Waals surface area contributed by atoms with E-state index >= 15 is 0 Å². The topological polar surface area (TPSA) is 128 Å². The van der Waals surface area contributed by atoms with Crippen LogP contribution in [0, 0.1) is 19.7 Å². The van der Waals surface area contributed by atoms with Gasteiger partial charge in [0.2, 0.25) is 5.95 Å². The number of hydrogen-bond acceptors (Lipinski definition) is 10. The second-order valence-electron chi connectivity index (χ2n) is 8.85. The Bertz CT molecular complexity index is 1530. The van der Waals surface area contributed by atoms with Gasteiger partial charge in [0.1, 0.15) is 28.4 Å². The lowest BCUT2D eigenvalue weighted by Gasteiger charge is -2.35. The predicted molar refractivity (Wildman–Crippen MR) is 133 cm³/mol. The summed E-state index contributed by atoms with van der Waals surface area (Å²) in [5.74, 6) is 0.174. The van der Waals surface area contributed by atoms with Crippen LogP contribution in [0.4, 0.5) is 24.9 Å². The maximum absolute atomic E-state index is 14.5. The highest BCUT2D eigenvalue weighted by molar-refractivity contribution is 5.86. The Balaban J connectivity index is 1.32. The van der Waals surface area contributed by atoms with Gasteiger partial charge >= 0.3 is 6.61 Å². The molecule has 14 heteroatoms. The largest absolute Gasteiger partial charge is 0.460 e. The third-order valence-corrected chi connectivity index (χ3v) is 6.28. The highest BCUT2D eigenvalue weighted by Gasteiger charge is 2.23. The zero-order chi connectivity index (χ0) is 27.0. The van der Waals surface area contributed by atoms with E-state index in [0.29, 0.717) is 73.3 Å². The molecule has 0 bridgehead atoms. The van der Waals surface area contributed by atoms with E-state index in [-0.39, 0.29) is 23.1 Å². The standard InChI is InChI=1S/C24H25F3N8O3/c1-13-3-4-17(37-13)18-19-21(32-24(28)31-18)35(22(36)14(2)30-19)10-7-33-5-8-34(9-6-33)20-16(25)11-15(12-29-20)38-23(26)27/h3-4,11-12,23H,5-10H2,1-2H3,(H2,28,31,32). The molecule has 200 valence electrons. The van der Waals surface area contributed by atoms with E-state index in [1.807, 2.05) is 6.92 Å². The zero-order valence-electron chi connectivity index (χ0n) is 20.7. The first-order chi connectivity index (χ1) is 18.2. The molecular weight excluding hydrogens is 505 g/mol. The number of nitrogens with zero attached hydrogens (tertiary/aromatic N) is 7. The smallest absolute Gasteiger partial charge is 0.387 e. The molecule has 4 aromatic rings. The van der Waals surface area contributed by atoms with Gasteiger partial charge in [0.25, 0.3) is 5.56 Å². The van der Waals surface area contributed by atoms with E-state index < -0.39 is 12.4 Å². The van der Waals surface area contributed by atoms with E-state index in [1.54, 1.807) is 24.0 Å². The van der Waals surface area contributed by atoms with E-state index in [4.69, 9.17) is 10.2 Å². The molecule has 0 aromatic carbocycles. The molecule has 5 rings (SSSR count). The first-order valence-electron chi connectivity index (χ1n) is 11.9. The van der Waals surface area contributed by atoms with Crippen molar-refractivity contribution in [1.82, 2.24) is 29.4 Å². The van der Waals surface area contributed by atoms with Gasteiger partial charge in [-0.3, -0.25) is 14.3 Å². The van der Waals surface area contributed by atoms with Gasteiger partial charge in [-0.1, -0.05) is 0 Å². The molecule has 1 aliphatic rings. The van der Waals surface area contributed by atoms with Crippen molar-refractivity contribution in [3.8, 4) is 17.2 Å². The number of piperazine rings is 1. The lowest BCUT2D eigenvalue weighted by molar-refractivity contribution is -0.0502. The Labute approximate surface area is 214 Å². The number of anilines is 2. The molecule has 0 atom stereocenters. The van der Waals surface area contributed by atoms with Gasteiger partial charge in [0.05, 0.1) is 6.20 Å². The number of furan rings is 1. The van der Waals surface area contributed by atoms with Crippen molar-refractivity contribution in [2.45, 2.75) is 27.0 Å². The number of rotatable bonds is 7. The number of pyridine rings is 1. The van der Waals surface area contributed by atoms with E-state index in [2.05, 4.69) is 29.6 Å². The summed E-state index contributed by atoms with van der Waals surface area (Å²) < 4.78 is 50.6. The number of nitrogen functional groups attached to an aromatic ring is 1. The first-order valence-corrected chi connectivity index (χ1v) is 11.9. The molecule has 0 radical (unpaired) electrons. The third kappa shape index (κ3) is 5.11. The van der Waals surface area contributed by atoms with Crippen molar-refractivity contribution in [3.05, 3.63) is 52.0 Å². The Morgan fingerprint density at radius 3 is 2.53 bits per heavy atom. The van der Waals surface area contributed by atoms with E-state index in [1.165, 1.54) is 4.57 Å². The van der Waals surface area contributed by atoms with Crippen molar-refractivity contribution in [2.24, 2.45) is 0 Å². The maximum atomic E-state index is 14.5. The minimum Gasteiger partial charge on any atom is -0.460 e. The lowest BCUT2D eigenvalue weighted by Crippen LogP contribution is -2.48. The van der Waals surface area contributed by atoms with Crippen LogP contribution in [0.1, 0.15) is 11.5 Å². The number of aryl methyl sites for hydroxylation is 2. The minimum absolute atomic E-state index is 0.00605. The molecule has 5 heterocycles. The fourth-order valence-corrected chi connectivity index (χ4v) is 4.44. The van der Waals surface area contributed by atoms with Crippen LogP contribution < -0.4 is 20.9 Å². The minimum atomic E-state index is -3.05. The number of aromatic nitrogens is 5. The van der Waals surface area contributed by atoms with Crippen molar-refractivity contribution < 1.29 is 22.3 Å². The number of fused-ring (bicyclic) bond motifs is 1. The lowest BCUT2D eigenvalue weighted by atomic mass is 10.2. The Hall–Kier alpha value is -4.20. The summed E-state index contributed by atoms with van der Waals surface area (Å²) in [5, 5.41) is 0. The SMILES string of the molecule is Cc1ccc(-c2nc(N)nc3c2nc(C)c(=O)n3CCN2CCN(c3ncc(OC(F)F)cc3F)CC2)o1. The van der Waals surface area contributed by atoms with E-state index in [0.717, 1.165) is 12.3 Å². The van der Waals surface area contributed by atoms with Crippen molar-refractivity contribution >= 4 is 22.9 Å². The van der Waals surface area contributed by atoms with Crippen LogP contribution in [0.2, 0.25) is 0 Å². The van der Waals surface area contributed by atoms with Crippen LogP contribution >= 0.6 is 0 Å². The predicted octanol–water partition coefficient (Wildman–Crippen LogP) is 2.60. The van der Waals surface area contributed by atoms with Crippen LogP contribution in [-0.2, 0) is 6.54 Å². The Kier molecular flexibility index (Phi) is 6.89. The van der Waals surface area contributed by atoms with Gasteiger partial charge < -0.3 is 19.8 Å². The second kappa shape index (κ2) is 10.3. The van der Waals surface area contributed by atoms with Crippen LogP contribution in [0.15, 0.2) is 33.6 Å². The summed E-state index contributed by atoms with van der Waals surface area (Å²) in [7, 11) is 0. The van der Waals surface area contributed by atoms with Gasteiger partial charge in [-0.2, -0.15) is 13.8 Å². The molecule has 0 saturated carbocycles. The number of ether oxygens (including phenoxy) is 1. The third-order valence-electron chi connectivity index (χ3n) is 6.28. The Morgan fingerprint density at radius 1 is 1.11 bits per heavy atom. The summed E-state index contributed by atoms with van der Waals surface area (Å²) in [6.45, 7) is 3.28. The second-order valence-corrected chi connectivity index (χ2v) is 8.85. The maximum Gasteiger partial charge on any atom is 0.387 e. The fraction of sp³-hybridized carbons (Fsp3) is 0.375. The monoisotopic (exact) mass is 530 g/mol. The quantitative estimate of drug-likeness (QED) is 0.381. The molecule has 0 aliphatic carbocycles. The van der Waals surface area contributed by atoms with Gasteiger partial charge in [0, 0.05) is 45.3 Å². The molecule has 11 nitrogen and oxygen atoms in total. The van der Waals surface area contributed by atoms with Crippen LogP contribution in [0.3, 0.4) is 0 Å². The van der Waals surface area contributed by atoms with Crippen molar-refractivity contribution in [3.63, 3.8) is 0 Å². The van der Waals surface area contributed by atoms with Crippen LogP contribution in [-0.4, -0.2) is 68.7 Å². The summed E-state index contributed by atoms with van der Waals surface area (Å²) in [6, 6.07) is 4.46. The summed E-state index contributed by atoms with van der Waals surface area (Å²) in [5.41, 5.74) is 7.12. The fourth-order valence-electron chi connectivity index (χ4n) is 4.44. The molecule has 1 saturated heterocycles. The molecule has 1 fully saturated rings. The van der Waals surface area contributed by atoms with Crippen LogP contribution in [0.25, 0.3) is 22.6 Å². The molecule has 0 amide bonds. The molecule has 2 N–H and O–H groups in total. The molecule has 0 unspecified atom stereocenters. The normalized spacial score (nSPS) is 14.5. The van der Waals surface area contributed by atoms with Crippen LogP contribution in [0.5, 0.6) is 5.75 Å². The number of alkyl halides is 2. The summed E-state index contributed by atoms with van der Waals surface area (Å²) >= 11 is 0. The van der Waals surface area contributed by atoms with Gasteiger partial charge in [-0.15, -0.1) is 0 Å². The van der Waals surface area contributed by atoms with Crippen molar-refractivity contribution in [1.29, 1.82) is 0 Å². The highest BCUT2D eigenvalue weighted by Crippen LogP contribution is 2.27. The van der Waals surface area contributed by atoms with E-state index in [9.17, 15) is 18.0 Å². The zero-order valence-corrected chi connectivity index (χ0v) is 20.7. The molecule has 38 heavy (non-hydrogen) atoms. The number of halogens is 3. The van der Waals surface area contributed by atoms with Gasteiger partial charge in [-0.25, -0.2) is 19.3 Å². The van der Waals surface area contributed by atoms with Gasteiger partial charge in [-0.05, 0) is 26.0 Å². The summed E-state index contributed by atoms with van der Waals surface area (Å²) in [6.07, 6.45) is 1.08. The summed E-state index contributed by atoms with van der Waals surface area (Å²) in [4.78, 5) is 33.9. The molecule has 4 aromatic heterocycles. The van der Waals surface area contributed by atoms with Gasteiger partial charge in [0.15, 0.2) is 23.0 Å². The number of nitrogens with two attached hydrogens (primary N) is 1. The molecule has 1 aliphatic heterocycles. The van der Waals surface area contributed by atoms with Crippen molar-refractivity contribution in [2.75, 3.05) is 43.4 Å².